The number of amides is 1. The van der Waals surface area contributed by atoms with Gasteiger partial charge in [-0.3, -0.25) is 4.40 Å². The Hall–Kier alpha value is -3.80. The molecule has 0 aliphatic carbocycles. The summed E-state index contributed by atoms with van der Waals surface area (Å²) in [5, 5.41) is 13.3. The molecule has 5 heterocycles. The number of nitrogens with zero attached hydrogens (tertiary/aromatic N) is 6. The minimum absolute atomic E-state index is 0.174. The van der Waals surface area contributed by atoms with Crippen LogP contribution in [0.25, 0.3) is 22.5 Å². The second-order valence-electron chi connectivity index (χ2n) is 11.7. The van der Waals surface area contributed by atoms with E-state index in [1.165, 1.54) is 22.3 Å². The SMILES string of the molecule is CCN(CC)S(=O)(=O)C1SC(Nc2nc(C3=CCCN(C(=O)OC(C)(C)C)C3)cn3c(-c4coc(C#N)c4)cnc23)=CC1C. The summed E-state index contributed by atoms with van der Waals surface area (Å²) in [6.07, 6.45) is 9.22. The highest BCUT2D eigenvalue weighted by molar-refractivity contribution is 8.15. The van der Waals surface area contributed by atoms with Crippen LogP contribution in [-0.4, -0.2) is 74.4 Å². The van der Waals surface area contributed by atoms with Gasteiger partial charge in [0, 0.05) is 43.4 Å². The molecule has 1 N–H and O–H groups in total. The molecule has 2 aliphatic rings. The molecule has 0 bridgehead atoms. The molecule has 3 aromatic heterocycles. The number of nitriles is 1. The summed E-state index contributed by atoms with van der Waals surface area (Å²) in [4.78, 5) is 24.1. The van der Waals surface area contributed by atoms with E-state index in [2.05, 4.69) is 16.4 Å². The normalized spacial score (nSPS) is 19.2. The molecule has 5 rings (SSSR count). The van der Waals surface area contributed by atoms with E-state index in [1.807, 2.05) is 64.3 Å². The molecule has 44 heavy (non-hydrogen) atoms. The van der Waals surface area contributed by atoms with Crippen LogP contribution in [0.1, 0.15) is 59.4 Å². The van der Waals surface area contributed by atoms with Gasteiger partial charge in [-0.2, -0.15) is 5.26 Å². The molecule has 0 saturated carbocycles. The third-order valence-electron chi connectivity index (χ3n) is 7.32. The van der Waals surface area contributed by atoms with Gasteiger partial charge in [-0.15, -0.1) is 0 Å². The molecule has 234 valence electrons. The smallest absolute Gasteiger partial charge is 0.410 e. The van der Waals surface area contributed by atoms with Crippen LogP contribution in [0.15, 0.2) is 46.3 Å². The summed E-state index contributed by atoms with van der Waals surface area (Å²) in [5.74, 6) is 0.369. The molecule has 12 nitrogen and oxygen atoms in total. The Morgan fingerprint density at radius 1 is 1.32 bits per heavy atom. The highest BCUT2D eigenvalue weighted by Crippen LogP contribution is 2.41. The number of ether oxygens (including phenoxy) is 1. The summed E-state index contributed by atoms with van der Waals surface area (Å²) in [6, 6.07) is 3.65. The van der Waals surface area contributed by atoms with Gasteiger partial charge in [-0.05, 0) is 38.8 Å². The van der Waals surface area contributed by atoms with E-state index < -0.39 is 26.3 Å². The van der Waals surface area contributed by atoms with Gasteiger partial charge in [0.1, 0.15) is 22.5 Å². The third-order valence-corrected chi connectivity index (χ3v) is 11.7. The van der Waals surface area contributed by atoms with Gasteiger partial charge >= 0.3 is 6.09 Å². The van der Waals surface area contributed by atoms with Gasteiger partial charge in [0.25, 0.3) is 0 Å². The number of carbonyl (C=O) groups is 1. The average Bonchev–Trinajstić information content (AvgIpc) is 3.71. The summed E-state index contributed by atoms with van der Waals surface area (Å²) in [7, 11) is -3.53. The van der Waals surface area contributed by atoms with Crippen LogP contribution in [0, 0.1) is 17.2 Å². The number of allylic oxidation sites excluding steroid dienone is 1. The largest absolute Gasteiger partial charge is 0.453 e. The lowest BCUT2D eigenvalue weighted by atomic mass is 10.1. The second kappa shape index (κ2) is 12.3. The molecule has 0 radical (unpaired) electrons. The predicted octanol–water partition coefficient (Wildman–Crippen LogP) is 5.52. The molecule has 1 amide bonds. The van der Waals surface area contributed by atoms with Crippen LogP contribution in [-0.2, 0) is 14.8 Å². The first-order valence-corrected chi connectivity index (χ1v) is 16.9. The summed E-state index contributed by atoms with van der Waals surface area (Å²) >= 11 is 1.26. The van der Waals surface area contributed by atoms with Crippen molar-refractivity contribution in [3.63, 3.8) is 0 Å². The topological polar surface area (TPSA) is 146 Å². The molecule has 3 aromatic rings. The molecule has 0 aromatic carbocycles. The number of nitrogens with one attached hydrogen (secondary N) is 1. The third kappa shape index (κ3) is 6.36. The van der Waals surface area contributed by atoms with Gasteiger partial charge in [-0.25, -0.2) is 27.5 Å². The zero-order valence-electron chi connectivity index (χ0n) is 25.7. The van der Waals surface area contributed by atoms with E-state index in [-0.39, 0.29) is 11.7 Å². The van der Waals surface area contributed by atoms with E-state index in [0.717, 1.165) is 5.57 Å². The Kier molecular flexibility index (Phi) is 8.84. The number of aromatic nitrogens is 3. The maximum atomic E-state index is 13.4. The van der Waals surface area contributed by atoms with Crippen LogP contribution in [0.5, 0.6) is 0 Å². The van der Waals surface area contributed by atoms with Crippen molar-refractivity contribution in [3.8, 4) is 17.3 Å². The molecule has 0 saturated heterocycles. The molecular weight excluding hydrogens is 603 g/mol. The number of anilines is 1. The Balaban J connectivity index is 1.52. The molecule has 14 heteroatoms. The number of sulfonamides is 1. The fraction of sp³-hybridized carbons (Fsp3) is 0.467. The maximum absolute atomic E-state index is 13.4. The van der Waals surface area contributed by atoms with Crippen molar-refractivity contribution in [2.75, 3.05) is 31.5 Å². The second-order valence-corrected chi connectivity index (χ2v) is 15.2. The first kappa shape index (κ1) is 31.6. The Morgan fingerprint density at radius 3 is 2.73 bits per heavy atom. The lowest BCUT2D eigenvalue weighted by Crippen LogP contribution is -2.39. The van der Waals surface area contributed by atoms with Crippen molar-refractivity contribution in [1.29, 1.82) is 5.26 Å². The van der Waals surface area contributed by atoms with Crippen LogP contribution in [0.4, 0.5) is 10.6 Å². The summed E-state index contributed by atoms with van der Waals surface area (Å²) in [5.41, 5.74) is 2.68. The zero-order valence-corrected chi connectivity index (χ0v) is 27.3. The highest BCUT2D eigenvalue weighted by atomic mass is 32.3. The fourth-order valence-corrected chi connectivity index (χ4v) is 9.01. The number of fused-ring (bicyclic) bond motifs is 1. The van der Waals surface area contributed by atoms with Crippen LogP contribution in [0.2, 0.25) is 0 Å². The molecule has 2 atom stereocenters. The number of thioether (sulfide) groups is 1. The number of hydrogen-bond acceptors (Lipinski definition) is 10. The van der Waals surface area contributed by atoms with Crippen molar-refractivity contribution in [2.24, 2.45) is 5.92 Å². The van der Waals surface area contributed by atoms with Crippen molar-refractivity contribution < 1.29 is 22.4 Å². The maximum Gasteiger partial charge on any atom is 0.410 e. The molecule has 2 unspecified atom stereocenters. The van der Waals surface area contributed by atoms with Crippen LogP contribution < -0.4 is 5.32 Å². The first-order chi connectivity index (χ1) is 20.8. The monoisotopic (exact) mass is 639 g/mol. The standard InChI is InChI=1S/C30H37N7O5S2/c1-7-36(8-2)44(39,40)28-19(3)12-25(43-28)34-26-27-32-15-24(21-13-22(14-31)41-18-21)37(27)17-23(33-26)20-10-9-11-35(16-20)29(38)42-30(4,5)6/h10,12-13,15,17-19,28H,7-9,11,16H2,1-6H3,(H,33,34). The fourth-order valence-electron chi connectivity index (χ4n) is 5.22. The van der Waals surface area contributed by atoms with Crippen molar-refractivity contribution >= 4 is 44.9 Å². The van der Waals surface area contributed by atoms with Gasteiger partial charge in [0.2, 0.25) is 15.8 Å². The summed E-state index contributed by atoms with van der Waals surface area (Å²) < 4.78 is 40.4. The number of hydrogen-bond donors (Lipinski definition) is 1. The van der Waals surface area contributed by atoms with Gasteiger partial charge < -0.3 is 19.4 Å². The lowest BCUT2D eigenvalue weighted by molar-refractivity contribution is 0.0273. The van der Waals surface area contributed by atoms with Gasteiger partial charge in [-0.1, -0.05) is 38.6 Å². The first-order valence-electron chi connectivity index (χ1n) is 14.5. The number of imidazole rings is 1. The van der Waals surface area contributed by atoms with Crippen LogP contribution in [0.3, 0.4) is 0 Å². The molecule has 0 fully saturated rings. The van der Waals surface area contributed by atoms with Crippen molar-refractivity contribution in [3.05, 3.63) is 53.4 Å². The number of furan rings is 1. The lowest BCUT2D eigenvalue weighted by Gasteiger charge is -2.30. The van der Waals surface area contributed by atoms with Crippen molar-refractivity contribution in [2.45, 2.75) is 58.1 Å². The van der Waals surface area contributed by atoms with Gasteiger partial charge in [0.05, 0.1) is 29.2 Å². The summed E-state index contributed by atoms with van der Waals surface area (Å²) in [6.45, 7) is 12.7. The van der Waals surface area contributed by atoms with Crippen molar-refractivity contribution in [1.82, 2.24) is 23.6 Å². The zero-order chi connectivity index (χ0) is 31.8. The van der Waals surface area contributed by atoms with E-state index in [1.54, 1.807) is 17.2 Å². The Morgan fingerprint density at radius 2 is 2.07 bits per heavy atom. The molecule has 2 aliphatic heterocycles. The van der Waals surface area contributed by atoms with E-state index in [4.69, 9.17) is 14.1 Å². The predicted molar refractivity (Wildman–Crippen MR) is 170 cm³/mol. The average molecular weight is 640 g/mol. The number of carbonyl (C=O) groups excluding carboxylic acids is 1. The Bertz CT molecular complexity index is 1770. The number of rotatable bonds is 8. The van der Waals surface area contributed by atoms with E-state index >= 15 is 0 Å². The highest BCUT2D eigenvalue weighted by Gasteiger charge is 2.39. The minimum atomic E-state index is -3.53. The Labute approximate surface area is 261 Å². The van der Waals surface area contributed by atoms with Crippen LogP contribution >= 0.6 is 11.8 Å². The van der Waals surface area contributed by atoms with E-state index in [9.17, 15) is 18.5 Å². The minimum Gasteiger partial charge on any atom is -0.453 e. The van der Waals surface area contributed by atoms with Gasteiger partial charge in [0.15, 0.2) is 11.5 Å². The molecular formula is C30H37N7O5S2. The molecule has 0 spiro atoms. The quantitative estimate of drug-likeness (QED) is 0.334. The van der Waals surface area contributed by atoms with E-state index in [0.29, 0.717) is 66.0 Å².